The molecule has 4 atom stereocenters. The molecule has 4 unspecified atom stereocenters. The molecule has 0 aromatic rings. The molecule has 112 valence electrons. The van der Waals surface area contributed by atoms with E-state index in [0.717, 1.165) is 47.7 Å². The third-order valence-corrected chi connectivity index (χ3v) is 8.71. The highest BCUT2D eigenvalue weighted by molar-refractivity contribution is 8.16. The van der Waals surface area contributed by atoms with Gasteiger partial charge in [0.05, 0.1) is 0 Å². The average molecular weight is 349 g/mol. The average Bonchev–Trinajstić information content (AvgIpc) is 3.36. The van der Waals surface area contributed by atoms with E-state index in [1.807, 2.05) is 23.5 Å². The van der Waals surface area contributed by atoms with Gasteiger partial charge in [-0.25, -0.2) is 0 Å². The molecule has 0 spiro atoms. The first-order chi connectivity index (χ1) is 9.72. The van der Waals surface area contributed by atoms with Crippen LogP contribution >= 0.6 is 47.0 Å². The largest absolute Gasteiger partial charge is 0.287 e. The van der Waals surface area contributed by atoms with Crippen LogP contribution in [0.5, 0.6) is 0 Å². The smallest absolute Gasteiger partial charge is 0.192 e. The van der Waals surface area contributed by atoms with Gasteiger partial charge in [-0.05, 0) is 19.3 Å². The molecule has 2 heterocycles. The van der Waals surface area contributed by atoms with Crippen molar-refractivity contribution in [2.24, 2.45) is 11.8 Å². The van der Waals surface area contributed by atoms with Gasteiger partial charge >= 0.3 is 0 Å². The van der Waals surface area contributed by atoms with E-state index >= 15 is 0 Å². The van der Waals surface area contributed by atoms with Crippen molar-refractivity contribution in [1.82, 2.24) is 0 Å². The summed E-state index contributed by atoms with van der Waals surface area (Å²) in [6.07, 6.45) is 3.85. The van der Waals surface area contributed by atoms with Crippen LogP contribution in [0.25, 0.3) is 0 Å². The summed E-state index contributed by atoms with van der Waals surface area (Å²) in [5.41, 5.74) is 0. The number of rotatable bonds is 6. The van der Waals surface area contributed by atoms with Crippen LogP contribution in [0.1, 0.15) is 25.7 Å². The van der Waals surface area contributed by atoms with E-state index in [1.54, 1.807) is 0 Å². The fraction of sp³-hybridized carbons (Fsp3) is 0.857. The highest BCUT2D eigenvalue weighted by atomic mass is 32.2. The van der Waals surface area contributed by atoms with Crippen molar-refractivity contribution in [1.29, 1.82) is 0 Å². The van der Waals surface area contributed by atoms with Gasteiger partial charge in [0.1, 0.15) is 0 Å². The molecule has 2 nitrogen and oxygen atoms in total. The predicted molar refractivity (Wildman–Crippen MR) is 92.9 cm³/mol. The monoisotopic (exact) mass is 348 g/mol. The lowest BCUT2D eigenvalue weighted by Crippen LogP contribution is -2.25. The highest BCUT2D eigenvalue weighted by Crippen LogP contribution is 2.39. The first-order valence-electron chi connectivity index (χ1n) is 7.29. The van der Waals surface area contributed by atoms with Gasteiger partial charge in [-0.15, -0.1) is 0 Å². The van der Waals surface area contributed by atoms with Crippen molar-refractivity contribution < 1.29 is 9.59 Å². The molecule has 1 aliphatic carbocycles. The zero-order valence-corrected chi connectivity index (χ0v) is 14.7. The molecule has 3 rings (SSSR count). The maximum absolute atomic E-state index is 12.2. The van der Waals surface area contributed by atoms with Gasteiger partial charge in [-0.3, -0.25) is 9.59 Å². The van der Waals surface area contributed by atoms with E-state index in [0.29, 0.717) is 10.2 Å². The lowest BCUT2D eigenvalue weighted by atomic mass is 9.83. The number of hydrogen-bond acceptors (Lipinski definition) is 6. The van der Waals surface area contributed by atoms with Gasteiger partial charge in [0.15, 0.2) is 10.2 Å². The molecule has 0 aromatic heterocycles. The standard InChI is InChI=1S/C14H20O2S4/c15-13(19-7-11-5-17-11)9-2-1-3-10(4-9)14(16)20-8-12-6-18-12/h9-12H,1-8H2. The Balaban J connectivity index is 1.41. The van der Waals surface area contributed by atoms with Gasteiger partial charge in [-0.1, -0.05) is 29.9 Å². The van der Waals surface area contributed by atoms with Crippen LogP contribution in [0, 0.1) is 11.8 Å². The first kappa shape index (κ1) is 15.6. The van der Waals surface area contributed by atoms with E-state index in [9.17, 15) is 9.59 Å². The predicted octanol–water partition coefficient (Wildman–Crippen LogP) is 3.54. The van der Waals surface area contributed by atoms with Gasteiger partial charge in [0, 0.05) is 45.3 Å². The second-order valence-electron chi connectivity index (χ2n) is 5.73. The van der Waals surface area contributed by atoms with E-state index < -0.39 is 0 Å². The Morgan fingerprint density at radius 3 is 1.75 bits per heavy atom. The van der Waals surface area contributed by atoms with Gasteiger partial charge in [0.2, 0.25) is 0 Å². The molecule has 20 heavy (non-hydrogen) atoms. The van der Waals surface area contributed by atoms with E-state index in [-0.39, 0.29) is 11.8 Å². The zero-order chi connectivity index (χ0) is 13.9. The van der Waals surface area contributed by atoms with Crippen LogP contribution in [0.3, 0.4) is 0 Å². The number of carbonyl (C=O) groups is 2. The van der Waals surface area contributed by atoms with Gasteiger partial charge < -0.3 is 0 Å². The van der Waals surface area contributed by atoms with Crippen molar-refractivity contribution in [3.05, 3.63) is 0 Å². The van der Waals surface area contributed by atoms with Crippen molar-refractivity contribution >= 4 is 57.3 Å². The first-order valence-corrected chi connectivity index (χ1v) is 11.4. The Labute approximate surface area is 137 Å². The maximum atomic E-state index is 12.2. The number of thioether (sulfide) groups is 4. The molecule has 0 bridgehead atoms. The van der Waals surface area contributed by atoms with Crippen LogP contribution in [-0.4, -0.2) is 43.7 Å². The van der Waals surface area contributed by atoms with Crippen LogP contribution in [0.2, 0.25) is 0 Å². The summed E-state index contributed by atoms with van der Waals surface area (Å²) < 4.78 is 0. The Hall–Kier alpha value is 0.740. The molecule has 0 amide bonds. The Kier molecular flexibility index (Phi) is 5.73. The quantitative estimate of drug-likeness (QED) is 0.683. The summed E-state index contributed by atoms with van der Waals surface area (Å²) in [6, 6.07) is 0. The van der Waals surface area contributed by atoms with E-state index in [1.165, 1.54) is 35.0 Å². The third kappa shape index (κ3) is 4.89. The maximum Gasteiger partial charge on any atom is 0.192 e. The molecule has 0 radical (unpaired) electrons. The van der Waals surface area contributed by atoms with Crippen LogP contribution in [0.15, 0.2) is 0 Å². The highest BCUT2D eigenvalue weighted by Gasteiger charge is 2.33. The van der Waals surface area contributed by atoms with Crippen LogP contribution in [0.4, 0.5) is 0 Å². The summed E-state index contributed by atoms with van der Waals surface area (Å²) in [5.74, 6) is 4.69. The molecule has 6 heteroatoms. The molecule has 1 saturated carbocycles. The fourth-order valence-corrected chi connectivity index (χ4v) is 6.35. The third-order valence-electron chi connectivity index (χ3n) is 3.97. The topological polar surface area (TPSA) is 34.1 Å². The van der Waals surface area contributed by atoms with Crippen LogP contribution < -0.4 is 0 Å². The summed E-state index contributed by atoms with van der Waals surface area (Å²) in [7, 11) is 0. The second kappa shape index (κ2) is 7.34. The molecule has 3 fully saturated rings. The minimum absolute atomic E-state index is 0.141. The number of hydrogen-bond donors (Lipinski definition) is 0. The fourth-order valence-electron chi connectivity index (χ4n) is 2.53. The lowest BCUT2D eigenvalue weighted by molar-refractivity contribution is -0.118. The lowest BCUT2D eigenvalue weighted by Gasteiger charge is -2.26. The van der Waals surface area contributed by atoms with Crippen LogP contribution in [-0.2, 0) is 9.59 Å². The molecular weight excluding hydrogens is 328 g/mol. The molecule has 2 aliphatic heterocycles. The molecule has 0 N–H and O–H groups in total. The Morgan fingerprint density at radius 1 is 0.900 bits per heavy atom. The van der Waals surface area contributed by atoms with Crippen molar-refractivity contribution in [2.45, 2.75) is 36.2 Å². The van der Waals surface area contributed by atoms with E-state index in [2.05, 4.69) is 0 Å². The molecule has 2 saturated heterocycles. The summed E-state index contributed by atoms with van der Waals surface area (Å²) in [4.78, 5) is 24.4. The normalized spacial score (nSPS) is 35.6. The Bertz CT molecular complexity index is 345. The van der Waals surface area contributed by atoms with Crippen molar-refractivity contribution in [2.75, 3.05) is 23.0 Å². The molecule has 0 aromatic carbocycles. The van der Waals surface area contributed by atoms with Gasteiger partial charge in [0.25, 0.3) is 0 Å². The Morgan fingerprint density at radius 2 is 1.35 bits per heavy atom. The SMILES string of the molecule is O=C(SCC1CS1)C1CCCC(C(=O)SCC2CS2)C1. The van der Waals surface area contributed by atoms with Gasteiger partial charge in [-0.2, -0.15) is 23.5 Å². The summed E-state index contributed by atoms with van der Waals surface area (Å²) in [6.45, 7) is 0. The van der Waals surface area contributed by atoms with E-state index in [4.69, 9.17) is 0 Å². The molecule has 3 aliphatic rings. The zero-order valence-electron chi connectivity index (χ0n) is 11.4. The minimum atomic E-state index is 0.141. The number of carbonyl (C=O) groups excluding carboxylic acids is 2. The minimum Gasteiger partial charge on any atom is -0.287 e. The summed E-state index contributed by atoms with van der Waals surface area (Å²) >= 11 is 6.92. The molecular formula is C14H20O2S4. The van der Waals surface area contributed by atoms with Crippen molar-refractivity contribution in [3.63, 3.8) is 0 Å². The second-order valence-corrected chi connectivity index (χ2v) is 10.4. The van der Waals surface area contributed by atoms with Crippen molar-refractivity contribution in [3.8, 4) is 0 Å². The summed E-state index contributed by atoms with van der Waals surface area (Å²) in [5, 5.41) is 2.13.